The van der Waals surface area contributed by atoms with E-state index < -0.39 is 0 Å². The van der Waals surface area contributed by atoms with Crippen molar-refractivity contribution in [1.29, 1.82) is 0 Å². The molecule has 31 heavy (non-hydrogen) atoms. The molecule has 0 spiro atoms. The van der Waals surface area contributed by atoms with E-state index in [9.17, 15) is 4.79 Å². The standard InChI is InChI=1S/C29H39NO/c1-4-5-6-7-8-9-10-11-12-13-14-15-16-17-18-19-20-21-25-28(31)30-29-26(2)23-22-24-27(29)3/h5-6,8-9,11-12,14-15,17-18,20-24H,4,7,10,13,16,19,25H2,1-3H3,(H,30,31). The summed E-state index contributed by atoms with van der Waals surface area (Å²) in [6.07, 6.45) is 32.2. The minimum atomic E-state index is 0.0254. The van der Waals surface area contributed by atoms with Crippen LogP contribution in [0, 0.1) is 13.8 Å². The van der Waals surface area contributed by atoms with Crippen LogP contribution in [0.4, 0.5) is 5.69 Å². The molecule has 2 nitrogen and oxygen atoms in total. The van der Waals surface area contributed by atoms with E-state index in [1.54, 1.807) is 0 Å². The van der Waals surface area contributed by atoms with Crippen LogP contribution in [0.5, 0.6) is 0 Å². The SMILES string of the molecule is CCC=CCC=CCC=CCC=CCC=CCC=CCC(=O)Nc1c(C)cccc1C. The molecule has 0 radical (unpaired) electrons. The summed E-state index contributed by atoms with van der Waals surface area (Å²) in [5.74, 6) is 0.0254. The lowest BCUT2D eigenvalue weighted by Gasteiger charge is -2.10. The second-order valence-corrected chi connectivity index (χ2v) is 7.43. The Morgan fingerprint density at radius 2 is 1.06 bits per heavy atom. The fourth-order valence-corrected chi connectivity index (χ4v) is 2.91. The van der Waals surface area contributed by atoms with E-state index in [2.05, 4.69) is 73.0 Å². The molecule has 0 unspecified atom stereocenters. The maximum absolute atomic E-state index is 12.1. The van der Waals surface area contributed by atoms with Gasteiger partial charge in [0, 0.05) is 12.1 Å². The summed E-state index contributed by atoms with van der Waals surface area (Å²) in [5.41, 5.74) is 3.12. The van der Waals surface area contributed by atoms with Crippen LogP contribution in [-0.4, -0.2) is 5.91 Å². The van der Waals surface area contributed by atoms with Gasteiger partial charge in [-0.15, -0.1) is 0 Å². The Morgan fingerprint density at radius 3 is 1.48 bits per heavy atom. The fourth-order valence-electron chi connectivity index (χ4n) is 2.91. The Kier molecular flexibility index (Phi) is 15.1. The van der Waals surface area contributed by atoms with Gasteiger partial charge in [-0.25, -0.2) is 0 Å². The van der Waals surface area contributed by atoms with Crippen molar-refractivity contribution in [2.24, 2.45) is 0 Å². The minimum absolute atomic E-state index is 0.0254. The highest BCUT2D eigenvalue weighted by molar-refractivity contribution is 5.93. The Hall–Kier alpha value is -2.87. The third kappa shape index (κ3) is 13.9. The van der Waals surface area contributed by atoms with E-state index in [4.69, 9.17) is 0 Å². The Labute approximate surface area is 189 Å². The molecule has 0 aliphatic rings. The maximum atomic E-state index is 12.1. The number of anilines is 1. The largest absolute Gasteiger partial charge is 0.325 e. The van der Waals surface area contributed by atoms with Crippen LogP contribution < -0.4 is 5.32 Å². The zero-order valence-corrected chi connectivity index (χ0v) is 19.5. The topological polar surface area (TPSA) is 29.1 Å². The quantitative estimate of drug-likeness (QED) is 0.303. The molecule has 0 saturated carbocycles. The summed E-state index contributed by atoms with van der Waals surface area (Å²) in [4.78, 5) is 12.1. The Balaban J connectivity index is 2.10. The molecule has 1 amide bonds. The first kappa shape index (κ1) is 26.2. The molecule has 2 heteroatoms. The van der Waals surface area contributed by atoms with Gasteiger partial charge in [0.25, 0.3) is 0 Å². The predicted molar refractivity (Wildman–Crippen MR) is 137 cm³/mol. The molecule has 1 aromatic rings. The van der Waals surface area contributed by atoms with Crippen molar-refractivity contribution in [3.63, 3.8) is 0 Å². The molecule has 1 N–H and O–H groups in total. The summed E-state index contributed by atoms with van der Waals surface area (Å²) >= 11 is 0. The van der Waals surface area contributed by atoms with Crippen LogP contribution in [-0.2, 0) is 4.79 Å². The lowest BCUT2D eigenvalue weighted by molar-refractivity contribution is -0.115. The van der Waals surface area contributed by atoms with Gasteiger partial charge in [-0.05, 0) is 63.5 Å². The number of carbonyl (C=O) groups is 1. The molecule has 0 heterocycles. The van der Waals surface area contributed by atoms with E-state index in [1.165, 1.54) is 0 Å². The van der Waals surface area contributed by atoms with Crippen LogP contribution in [0.15, 0.2) is 91.1 Å². The van der Waals surface area contributed by atoms with E-state index >= 15 is 0 Å². The molecule has 0 atom stereocenters. The molecule has 166 valence electrons. The van der Waals surface area contributed by atoms with E-state index in [0.717, 1.165) is 55.3 Å². The van der Waals surface area contributed by atoms with Gasteiger partial charge in [-0.2, -0.15) is 0 Å². The van der Waals surface area contributed by atoms with Gasteiger partial charge in [0.05, 0.1) is 0 Å². The maximum Gasteiger partial charge on any atom is 0.228 e. The average Bonchev–Trinajstić information content (AvgIpc) is 2.75. The highest BCUT2D eigenvalue weighted by atomic mass is 16.1. The summed E-state index contributed by atoms with van der Waals surface area (Å²) in [5, 5.41) is 3.01. The number of amides is 1. The predicted octanol–water partition coefficient (Wildman–Crippen LogP) is 8.33. The molecular formula is C29H39NO. The molecule has 1 aromatic carbocycles. The first-order valence-electron chi connectivity index (χ1n) is 11.4. The van der Waals surface area contributed by atoms with Crippen LogP contribution in [0.25, 0.3) is 0 Å². The van der Waals surface area contributed by atoms with Crippen molar-refractivity contribution < 1.29 is 4.79 Å². The number of benzene rings is 1. The molecule has 0 aliphatic heterocycles. The van der Waals surface area contributed by atoms with Crippen molar-refractivity contribution in [2.45, 2.75) is 65.7 Å². The minimum Gasteiger partial charge on any atom is -0.325 e. The smallest absolute Gasteiger partial charge is 0.228 e. The van der Waals surface area contributed by atoms with Gasteiger partial charge in [-0.1, -0.05) is 98.0 Å². The molecule has 0 saturated heterocycles. The van der Waals surface area contributed by atoms with Gasteiger partial charge >= 0.3 is 0 Å². The van der Waals surface area contributed by atoms with Crippen molar-refractivity contribution in [3.8, 4) is 0 Å². The number of carbonyl (C=O) groups excluding carboxylic acids is 1. The molecule has 0 bridgehead atoms. The molecule has 0 aromatic heterocycles. The van der Waals surface area contributed by atoms with Crippen LogP contribution in [0.2, 0.25) is 0 Å². The van der Waals surface area contributed by atoms with Gasteiger partial charge in [-0.3, -0.25) is 4.79 Å². The molecule has 0 aliphatic carbocycles. The molecule has 0 fully saturated rings. The summed E-state index contributed by atoms with van der Waals surface area (Å²) in [6, 6.07) is 6.03. The second kappa shape index (κ2) is 17.9. The number of aryl methyl sites for hydroxylation is 2. The molecule has 1 rings (SSSR count). The number of para-hydroxylation sites is 1. The first-order chi connectivity index (χ1) is 15.1. The van der Waals surface area contributed by atoms with Gasteiger partial charge in [0.2, 0.25) is 5.91 Å². The van der Waals surface area contributed by atoms with Gasteiger partial charge < -0.3 is 5.32 Å². The number of hydrogen-bond acceptors (Lipinski definition) is 1. The van der Waals surface area contributed by atoms with E-state index in [-0.39, 0.29) is 5.91 Å². The van der Waals surface area contributed by atoms with Crippen LogP contribution in [0.3, 0.4) is 0 Å². The van der Waals surface area contributed by atoms with Gasteiger partial charge in [0.15, 0.2) is 0 Å². The van der Waals surface area contributed by atoms with Crippen LogP contribution in [0.1, 0.15) is 63.0 Å². The Morgan fingerprint density at radius 1 is 0.677 bits per heavy atom. The zero-order valence-electron chi connectivity index (χ0n) is 19.5. The number of allylic oxidation sites excluding steroid dienone is 11. The lowest BCUT2D eigenvalue weighted by Crippen LogP contribution is -2.12. The number of hydrogen-bond donors (Lipinski definition) is 1. The number of nitrogens with one attached hydrogen (secondary N) is 1. The van der Waals surface area contributed by atoms with E-state index in [0.29, 0.717) is 6.42 Å². The summed E-state index contributed by atoms with van der Waals surface area (Å²) < 4.78 is 0. The highest BCUT2D eigenvalue weighted by Crippen LogP contribution is 2.19. The van der Waals surface area contributed by atoms with Crippen molar-refractivity contribution in [1.82, 2.24) is 0 Å². The Bertz CT molecular complexity index is 786. The van der Waals surface area contributed by atoms with E-state index in [1.807, 2.05) is 44.2 Å². The zero-order chi connectivity index (χ0) is 22.6. The van der Waals surface area contributed by atoms with Crippen LogP contribution >= 0.6 is 0 Å². The van der Waals surface area contributed by atoms with Crippen molar-refractivity contribution in [3.05, 3.63) is 102 Å². The monoisotopic (exact) mass is 417 g/mol. The summed E-state index contributed by atoms with van der Waals surface area (Å²) in [7, 11) is 0. The lowest BCUT2D eigenvalue weighted by atomic mass is 10.1. The number of rotatable bonds is 14. The van der Waals surface area contributed by atoms with Gasteiger partial charge in [0.1, 0.15) is 0 Å². The first-order valence-corrected chi connectivity index (χ1v) is 11.4. The fraction of sp³-hybridized carbons (Fsp3) is 0.345. The highest BCUT2D eigenvalue weighted by Gasteiger charge is 2.05. The third-order valence-corrected chi connectivity index (χ3v) is 4.65. The average molecular weight is 418 g/mol. The third-order valence-electron chi connectivity index (χ3n) is 4.65. The van der Waals surface area contributed by atoms with Crippen molar-refractivity contribution in [2.75, 3.05) is 5.32 Å². The second-order valence-electron chi connectivity index (χ2n) is 7.43. The molecular weight excluding hydrogens is 378 g/mol. The summed E-state index contributed by atoms with van der Waals surface area (Å²) in [6.45, 7) is 6.18. The van der Waals surface area contributed by atoms with Crippen molar-refractivity contribution >= 4 is 11.6 Å². The normalized spacial score (nSPS) is 12.6.